The third-order valence-electron chi connectivity index (χ3n) is 7.25. The molecule has 3 fully saturated rings. The highest BCUT2D eigenvalue weighted by atomic mass is 16.6. The molecule has 2 aliphatic heterocycles. The van der Waals surface area contributed by atoms with Crippen LogP contribution < -0.4 is 5.32 Å². The molecule has 1 N–H and O–H groups in total. The van der Waals surface area contributed by atoms with Gasteiger partial charge in [-0.25, -0.2) is 4.79 Å². The highest BCUT2D eigenvalue weighted by Crippen LogP contribution is 2.32. The van der Waals surface area contributed by atoms with Gasteiger partial charge in [-0.2, -0.15) is 0 Å². The molecule has 1 unspecified atom stereocenters. The highest BCUT2D eigenvalue weighted by molar-refractivity contribution is 5.68. The SMILES string of the molecule is CC[C@H]1CCCC[C@@H]1NC1CCN(C2(C)CCN(C(=O)OC(C)(C)C)C2)CC1. The van der Waals surface area contributed by atoms with Crippen molar-refractivity contribution >= 4 is 6.09 Å². The van der Waals surface area contributed by atoms with E-state index in [0.717, 1.165) is 44.6 Å². The molecule has 1 amide bonds. The summed E-state index contributed by atoms with van der Waals surface area (Å²) in [5.74, 6) is 0.876. The standard InChI is InChI=1S/C23H43N3O2/c1-6-18-9-7-8-10-20(18)24-19-11-14-26(15-12-19)23(5)13-16-25(17-23)21(27)28-22(2,3)4/h18-20,24H,6-17H2,1-5H3/t18-,20-,23?/m0/s1. The van der Waals surface area contributed by atoms with Crippen molar-refractivity contribution in [3.05, 3.63) is 0 Å². The molecule has 0 aromatic rings. The molecule has 162 valence electrons. The van der Waals surface area contributed by atoms with Crippen LogP contribution in [0.15, 0.2) is 0 Å². The quantitative estimate of drug-likeness (QED) is 0.768. The second-order valence-electron chi connectivity index (χ2n) is 10.6. The molecule has 3 rings (SSSR count). The van der Waals surface area contributed by atoms with Crippen LogP contribution in [0, 0.1) is 5.92 Å². The zero-order valence-corrected chi connectivity index (χ0v) is 18.9. The van der Waals surface area contributed by atoms with Crippen molar-refractivity contribution in [3.8, 4) is 0 Å². The Hall–Kier alpha value is -0.810. The van der Waals surface area contributed by atoms with Crippen molar-refractivity contribution < 1.29 is 9.53 Å². The molecule has 5 heteroatoms. The number of hydrogen-bond donors (Lipinski definition) is 1. The molecule has 1 saturated carbocycles. The Morgan fingerprint density at radius 1 is 1.11 bits per heavy atom. The largest absolute Gasteiger partial charge is 0.444 e. The van der Waals surface area contributed by atoms with Crippen molar-refractivity contribution in [1.29, 1.82) is 0 Å². The monoisotopic (exact) mass is 393 g/mol. The van der Waals surface area contributed by atoms with Gasteiger partial charge in [-0.3, -0.25) is 4.90 Å². The lowest BCUT2D eigenvalue weighted by atomic mass is 9.82. The van der Waals surface area contributed by atoms with Gasteiger partial charge in [0, 0.05) is 43.8 Å². The fraction of sp³-hybridized carbons (Fsp3) is 0.957. The smallest absolute Gasteiger partial charge is 0.410 e. The molecule has 0 spiro atoms. The molecular formula is C23H43N3O2. The van der Waals surface area contributed by atoms with Gasteiger partial charge in [0.25, 0.3) is 0 Å². The molecule has 0 aromatic heterocycles. The Morgan fingerprint density at radius 2 is 1.79 bits per heavy atom. The summed E-state index contributed by atoms with van der Waals surface area (Å²) in [5.41, 5.74) is -0.325. The molecule has 2 saturated heterocycles. The summed E-state index contributed by atoms with van der Waals surface area (Å²) in [6.07, 6.45) is 10.2. The van der Waals surface area contributed by atoms with E-state index in [2.05, 4.69) is 24.1 Å². The van der Waals surface area contributed by atoms with Crippen molar-refractivity contribution in [2.24, 2.45) is 5.92 Å². The Balaban J connectivity index is 1.47. The average molecular weight is 394 g/mol. The van der Waals surface area contributed by atoms with E-state index in [4.69, 9.17) is 4.74 Å². The molecule has 3 aliphatic rings. The van der Waals surface area contributed by atoms with E-state index in [1.165, 1.54) is 44.9 Å². The lowest BCUT2D eigenvalue weighted by molar-refractivity contribution is 0.0223. The number of rotatable bonds is 4. The summed E-state index contributed by atoms with van der Waals surface area (Å²) < 4.78 is 5.58. The Labute approximate surface area is 172 Å². The van der Waals surface area contributed by atoms with Gasteiger partial charge in [0.05, 0.1) is 0 Å². The predicted octanol–water partition coefficient (Wildman–Crippen LogP) is 4.41. The first kappa shape index (κ1) is 21.9. The first-order chi connectivity index (χ1) is 13.2. The van der Waals surface area contributed by atoms with E-state index < -0.39 is 5.60 Å². The second kappa shape index (κ2) is 8.91. The summed E-state index contributed by atoms with van der Waals surface area (Å²) in [6.45, 7) is 14.4. The number of hydrogen-bond acceptors (Lipinski definition) is 4. The minimum Gasteiger partial charge on any atom is -0.444 e. The van der Waals surface area contributed by atoms with Gasteiger partial charge in [-0.05, 0) is 65.7 Å². The number of ether oxygens (including phenoxy) is 1. The fourth-order valence-electron chi connectivity index (χ4n) is 5.49. The molecule has 2 heterocycles. The van der Waals surface area contributed by atoms with Gasteiger partial charge in [0.1, 0.15) is 5.60 Å². The topological polar surface area (TPSA) is 44.8 Å². The number of piperidine rings is 1. The molecule has 1 aliphatic carbocycles. The van der Waals surface area contributed by atoms with E-state index in [1.807, 2.05) is 25.7 Å². The first-order valence-corrected chi connectivity index (χ1v) is 11.7. The van der Waals surface area contributed by atoms with Crippen LogP contribution in [-0.2, 0) is 4.74 Å². The number of nitrogens with zero attached hydrogens (tertiary/aromatic N) is 2. The summed E-state index contributed by atoms with van der Waals surface area (Å²) in [5, 5.41) is 4.02. The van der Waals surface area contributed by atoms with Crippen LogP contribution in [0.25, 0.3) is 0 Å². The first-order valence-electron chi connectivity index (χ1n) is 11.7. The predicted molar refractivity (Wildman–Crippen MR) is 115 cm³/mol. The minimum absolute atomic E-state index is 0.0959. The molecule has 0 aromatic carbocycles. The third kappa shape index (κ3) is 5.41. The summed E-state index contributed by atoms with van der Waals surface area (Å²) in [6, 6.07) is 1.40. The molecule has 28 heavy (non-hydrogen) atoms. The van der Waals surface area contributed by atoms with Crippen LogP contribution >= 0.6 is 0 Å². The Morgan fingerprint density at radius 3 is 2.43 bits per heavy atom. The van der Waals surface area contributed by atoms with E-state index in [-0.39, 0.29) is 11.6 Å². The summed E-state index contributed by atoms with van der Waals surface area (Å²) >= 11 is 0. The molecule has 0 bridgehead atoms. The maximum absolute atomic E-state index is 12.4. The number of carbonyl (C=O) groups excluding carboxylic acids is 1. The van der Waals surface area contributed by atoms with Crippen LogP contribution in [0.4, 0.5) is 4.79 Å². The molecule has 3 atom stereocenters. The minimum atomic E-state index is -0.421. The zero-order valence-electron chi connectivity index (χ0n) is 18.9. The van der Waals surface area contributed by atoms with Crippen LogP contribution in [0.3, 0.4) is 0 Å². The van der Waals surface area contributed by atoms with Crippen LogP contribution in [0.2, 0.25) is 0 Å². The van der Waals surface area contributed by atoms with E-state index in [1.54, 1.807) is 0 Å². The Bertz CT molecular complexity index is 524. The van der Waals surface area contributed by atoms with Gasteiger partial charge in [-0.15, -0.1) is 0 Å². The summed E-state index contributed by atoms with van der Waals surface area (Å²) in [7, 11) is 0. The van der Waals surface area contributed by atoms with Crippen LogP contribution in [0.1, 0.15) is 86.0 Å². The zero-order chi connectivity index (χ0) is 20.4. The van der Waals surface area contributed by atoms with Crippen LogP contribution in [-0.4, -0.2) is 65.3 Å². The lowest BCUT2D eigenvalue weighted by Gasteiger charge is -2.44. The van der Waals surface area contributed by atoms with Gasteiger partial charge in [0.2, 0.25) is 0 Å². The normalized spacial score (nSPS) is 33.2. The maximum atomic E-state index is 12.4. The molecule has 0 radical (unpaired) electrons. The van der Waals surface area contributed by atoms with E-state index in [0.29, 0.717) is 6.04 Å². The summed E-state index contributed by atoms with van der Waals surface area (Å²) in [4.78, 5) is 17.0. The van der Waals surface area contributed by atoms with Crippen molar-refractivity contribution in [3.63, 3.8) is 0 Å². The maximum Gasteiger partial charge on any atom is 0.410 e. The molecular weight excluding hydrogens is 350 g/mol. The van der Waals surface area contributed by atoms with Crippen LogP contribution in [0.5, 0.6) is 0 Å². The van der Waals surface area contributed by atoms with E-state index in [9.17, 15) is 4.79 Å². The Kier molecular flexibility index (Phi) is 6.96. The van der Waals surface area contributed by atoms with Crippen molar-refractivity contribution in [2.75, 3.05) is 26.2 Å². The van der Waals surface area contributed by atoms with Gasteiger partial charge >= 0.3 is 6.09 Å². The number of carbonyl (C=O) groups is 1. The number of likely N-dealkylation sites (tertiary alicyclic amines) is 2. The average Bonchev–Trinajstić information content (AvgIpc) is 3.05. The highest BCUT2D eigenvalue weighted by Gasteiger charge is 2.43. The lowest BCUT2D eigenvalue weighted by Crippen LogP contribution is -2.56. The van der Waals surface area contributed by atoms with Gasteiger partial charge in [-0.1, -0.05) is 26.2 Å². The fourth-order valence-corrected chi connectivity index (χ4v) is 5.49. The van der Waals surface area contributed by atoms with Crippen molar-refractivity contribution in [2.45, 2.75) is 109 Å². The third-order valence-corrected chi connectivity index (χ3v) is 7.25. The number of amides is 1. The van der Waals surface area contributed by atoms with Crippen molar-refractivity contribution in [1.82, 2.24) is 15.1 Å². The van der Waals surface area contributed by atoms with E-state index >= 15 is 0 Å². The van der Waals surface area contributed by atoms with Gasteiger partial charge in [0.15, 0.2) is 0 Å². The molecule has 5 nitrogen and oxygen atoms in total. The second-order valence-corrected chi connectivity index (χ2v) is 10.6. The number of nitrogens with one attached hydrogen (secondary N) is 1. The van der Waals surface area contributed by atoms with Gasteiger partial charge < -0.3 is 15.0 Å².